The van der Waals surface area contributed by atoms with Crippen molar-refractivity contribution in [3.63, 3.8) is 0 Å². The minimum Gasteiger partial charge on any atom is -0.381 e. The lowest BCUT2D eigenvalue weighted by Gasteiger charge is -2.50. The molecule has 2 amide bonds. The number of rotatable bonds is 2. The highest BCUT2D eigenvalue weighted by atomic mass is 16.5. The van der Waals surface area contributed by atoms with Crippen molar-refractivity contribution in [2.45, 2.75) is 62.6 Å². The molecule has 5 heteroatoms. The maximum absolute atomic E-state index is 12.7. The Labute approximate surface area is 113 Å². The van der Waals surface area contributed by atoms with E-state index in [0.29, 0.717) is 0 Å². The van der Waals surface area contributed by atoms with Crippen LogP contribution < -0.4 is 5.32 Å². The largest absolute Gasteiger partial charge is 0.381 e. The molecular weight excluding hydrogens is 244 g/mol. The molecule has 2 aliphatic carbocycles. The number of carbonyl (C=O) groups is 2. The maximum Gasteiger partial charge on any atom is 0.249 e. The van der Waals surface area contributed by atoms with Crippen molar-refractivity contribution in [3.05, 3.63) is 0 Å². The van der Waals surface area contributed by atoms with Gasteiger partial charge in [-0.3, -0.25) is 9.59 Å². The van der Waals surface area contributed by atoms with Gasteiger partial charge in [0.15, 0.2) is 0 Å². The predicted octanol–water partition coefficient (Wildman–Crippen LogP) is 0.825. The molecule has 0 bridgehead atoms. The van der Waals surface area contributed by atoms with E-state index < -0.39 is 5.54 Å². The lowest BCUT2D eigenvalue weighted by atomic mass is 9.77. The molecule has 5 nitrogen and oxygen atoms in total. The van der Waals surface area contributed by atoms with Crippen LogP contribution in [0, 0.1) is 0 Å². The lowest BCUT2D eigenvalue weighted by Crippen LogP contribution is -2.70. The first-order valence-corrected chi connectivity index (χ1v) is 7.29. The van der Waals surface area contributed by atoms with Crippen LogP contribution in [0.5, 0.6) is 0 Å². The van der Waals surface area contributed by atoms with Gasteiger partial charge in [-0.05, 0) is 25.7 Å². The highest BCUT2D eigenvalue weighted by Crippen LogP contribution is 2.36. The van der Waals surface area contributed by atoms with E-state index in [1.165, 1.54) is 6.42 Å². The van der Waals surface area contributed by atoms with E-state index in [4.69, 9.17) is 4.74 Å². The first-order chi connectivity index (χ1) is 9.14. The zero-order chi connectivity index (χ0) is 13.5. The van der Waals surface area contributed by atoms with Crippen LogP contribution in [0.2, 0.25) is 0 Å². The van der Waals surface area contributed by atoms with Crippen molar-refractivity contribution in [3.8, 4) is 0 Å². The highest BCUT2D eigenvalue weighted by molar-refractivity contribution is 5.98. The normalized spacial score (nSPS) is 34.1. The van der Waals surface area contributed by atoms with Crippen LogP contribution >= 0.6 is 0 Å². The molecule has 3 aliphatic rings. The molecule has 0 radical (unpaired) electrons. The minimum atomic E-state index is -0.592. The van der Waals surface area contributed by atoms with E-state index in [9.17, 15) is 9.59 Å². The number of ether oxygens (including phenoxy) is 1. The van der Waals surface area contributed by atoms with Gasteiger partial charge >= 0.3 is 0 Å². The second-order valence-corrected chi connectivity index (χ2v) is 6.11. The van der Waals surface area contributed by atoms with Crippen molar-refractivity contribution in [1.29, 1.82) is 0 Å². The Morgan fingerprint density at radius 1 is 1.21 bits per heavy atom. The van der Waals surface area contributed by atoms with E-state index in [2.05, 4.69) is 5.32 Å². The topological polar surface area (TPSA) is 58.6 Å². The summed E-state index contributed by atoms with van der Waals surface area (Å²) < 4.78 is 5.27. The molecule has 0 unspecified atom stereocenters. The number of carbonyl (C=O) groups excluding carboxylic acids is 2. The summed E-state index contributed by atoms with van der Waals surface area (Å²) in [7, 11) is 1.70. The maximum atomic E-state index is 12.7. The summed E-state index contributed by atoms with van der Waals surface area (Å²) in [4.78, 5) is 26.5. The van der Waals surface area contributed by atoms with Crippen LogP contribution in [-0.4, -0.2) is 48.1 Å². The molecular formula is C14H22N2O3. The summed E-state index contributed by atoms with van der Waals surface area (Å²) in [5.41, 5.74) is -0.592. The van der Waals surface area contributed by atoms with Gasteiger partial charge in [-0.2, -0.15) is 0 Å². The van der Waals surface area contributed by atoms with E-state index in [1.807, 2.05) is 0 Å². The first kappa shape index (κ1) is 12.9. The molecule has 2 saturated carbocycles. The Balaban J connectivity index is 1.74. The van der Waals surface area contributed by atoms with Gasteiger partial charge in [-0.1, -0.05) is 19.3 Å². The van der Waals surface area contributed by atoms with E-state index in [-0.39, 0.29) is 30.5 Å². The van der Waals surface area contributed by atoms with E-state index >= 15 is 0 Å². The van der Waals surface area contributed by atoms with Crippen LogP contribution in [0.25, 0.3) is 0 Å². The van der Waals surface area contributed by atoms with Gasteiger partial charge in [0.25, 0.3) is 0 Å². The summed E-state index contributed by atoms with van der Waals surface area (Å²) in [6.45, 7) is 0.224. The van der Waals surface area contributed by atoms with Gasteiger partial charge < -0.3 is 15.0 Å². The summed E-state index contributed by atoms with van der Waals surface area (Å²) >= 11 is 0. The number of amides is 2. The van der Waals surface area contributed by atoms with Crippen molar-refractivity contribution < 1.29 is 14.3 Å². The summed E-state index contributed by atoms with van der Waals surface area (Å²) in [5.74, 6) is 0.147. The Bertz CT molecular complexity index is 384. The Morgan fingerprint density at radius 2 is 1.89 bits per heavy atom. The number of piperazine rings is 1. The summed E-state index contributed by atoms with van der Waals surface area (Å²) in [5, 5.41) is 2.98. The van der Waals surface area contributed by atoms with Gasteiger partial charge in [0.05, 0.1) is 12.6 Å². The summed E-state index contributed by atoms with van der Waals surface area (Å²) in [6.07, 6.45) is 6.82. The molecule has 1 N–H and O–H groups in total. The molecule has 1 heterocycles. The molecule has 0 atom stereocenters. The zero-order valence-electron chi connectivity index (χ0n) is 11.5. The van der Waals surface area contributed by atoms with Crippen LogP contribution in [-0.2, 0) is 14.3 Å². The van der Waals surface area contributed by atoms with Crippen molar-refractivity contribution in [1.82, 2.24) is 10.2 Å². The lowest BCUT2D eigenvalue weighted by molar-refractivity contribution is -0.159. The highest BCUT2D eigenvalue weighted by Gasteiger charge is 2.50. The van der Waals surface area contributed by atoms with Crippen molar-refractivity contribution in [2.24, 2.45) is 0 Å². The molecule has 3 rings (SSSR count). The average molecular weight is 266 g/mol. The van der Waals surface area contributed by atoms with Gasteiger partial charge in [0, 0.05) is 13.2 Å². The second kappa shape index (κ2) is 4.78. The molecule has 3 fully saturated rings. The third-order valence-electron chi connectivity index (χ3n) is 4.91. The van der Waals surface area contributed by atoms with Gasteiger partial charge in [0.2, 0.25) is 11.8 Å². The third-order valence-corrected chi connectivity index (χ3v) is 4.91. The Hall–Kier alpha value is -1.10. The first-order valence-electron chi connectivity index (χ1n) is 7.29. The van der Waals surface area contributed by atoms with Crippen LogP contribution in [0.15, 0.2) is 0 Å². The molecule has 0 aromatic heterocycles. The second-order valence-electron chi connectivity index (χ2n) is 6.11. The fourth-order valence-corrected chi connectivity index (χ4v) is 3.64. The smallest absolute Gasteiger partial charge is 0.249 e. The Morgan fingerprint density at radius 3 is 2.53 bits per heavy atom. The Kier molecular flexibility index (Phi) is 3.25. The number of methoxy groups -OCH3 is 1. The van der Waals surface area contributed by atoms with Gasteiger partial charge in [-0.25, -0.2) is 0 Å². The fraction of sp³-hybridized carbons (Fsp3) is 0.857. The monoisotopic (exact) mass is 266 g/mol. The van der Waals surface area contributed by atoms with Crippen molar-refractivity contribution >= 4 is 11.8 Å². The van der Waals surface area contributed by atoms with E-state index in [1.54, 1.807) is 12.0 Å². The quantitative estimate of drug-likeness (QED) is 0.805. The van der Waals surface area contributed by atoms with Crippen LogP contribution in [0.4, 0.5) is 0 Å². The van der Waals surface area contributed by atoms with Gasteiger partial charge in [0.1, 0.15) is 5.54 Å². The average Bonchev–Trinajstić information content (AvgIpc) is 2.35. The number of nitrogens with one attached hydrogen (secondary N) is 1. The van der Waals surface area contributed by atoms with E-state index in [0.717, 1.165) is 38.5 Å². The number of hydrogen-bond acceptors (Lipinski definition) is 3. The third kappa shape index (κ3) is 2.14. The number of hydrogen-bond donors (Lipinski definition) is 1. The molecule has 1 spiro atoms. The SMILES string of the molecule is COC1CC(N2CC(=O)NC3(CCCCC3)C2=O)C1. The number of nitrogens with zero attached hydrogens (tertiary/aromatic N) is 1. The molecule has 0 aromatic carbocycles. The van der Waals surface area contributed by atoms with Crippen LogP contribution in [0.3, 0.4) is 0 Å². The summed E-state index contributed by atoms with van der Waals surface area (Å²) in [6, 6.07) is 0.197. The molecule has 106 valence electrons. The fourth-order valence-electron chi connectivity index (χ4n) is 3.64. The zero-order valence-corrected chi connectivity index (χ0v) is 11.5. The van der Waals surface area contributed by atoms with Gasteiger partial charge in [-0.15, -0.1) is 0 Å². The standard InChI is InChI=1S/C14H22N2O3/c1-19-11-7-10(8-11)16-9-12(17)15-14(13(16)18)5-3-2-4-6-14/h10-11H,2-9H2,1H3,(H,15,17). The van der Waals surface area contributed by atoms with Crippen molar-refractivity contribution in [2.75, 3.05) is 13.7 Å². The van der Waals surface area contributed by atoms with Crippen LogP contribution in [0.1, 0.15) is 44.9 Å². The predicted molar refractivity (Wildman–Crippen MR) is 69.5 cm³/mol. The molecule has 19 heavy (non-hydrogen) atoms. The minimum absolute atomic E-state index is 0.00219. The molecule has 1 saturated heterocycles. The molecule has 0 aromatic rings. The molecule has 1 aliphatic heterocycles.